The fourth-order valence-corrected chi connectivity index (χ4v) is 0.946. The van der Waals surface area contributed by atoms with Crippen LogP contribution in [0, 0.1) is 0 Å². The zero-order valence-corrected chi connectivity index (χ0v) is 9.35. The molecule has 0 spiro atoms. The number of nitrogens with two attached hydrogens (primary N) is 1. The lowest BCUT2D eigenvalue weighted by atomic mass is 10.1. The van der Waals surface area contributed by atoms with Gasteiger partial charge in [0.05, 0.1) is 6.67 Å². The van der Waals surface area contributed by atoms with Crippen LogP contribution in [0.25, 0.3) is 0 Å². The minimum Gasteiger partial charge on any atom is -0.330 e. The summed E-state index contributed by atoms with van der Waals surface area (Å²) in [6.45, 7) is 0.639. The molecule has 3 heteroatoms. The van der Waals surface area contributed by atoms with E-state index in [-0.39, 0.29) is 30.7 Å². The Morgan fingerprint density at radius 1 is 0.818 bits per heavy atom. The van der Waals surface area contributed by atoms with Gasteiger partial charge in [-0.15, -0.1) is 24.0 Å². The first kappa shape index (κ1) is 14.2. The molecule has 0 aliphatic carbocycles. The summed E-state index contributed by atoms with van der Waals surface area (Å²) in [6.07, 6.45) is 6.50. The summed E-state index contributed by atoms with van der Waals surface area (Å²) in [5.41, 5.74) is 5.31. The Labute approximate surface area is 85.9 Å². The lowest BCUT2D eigenvalue weighted by Crippen LogP contribution is -1.97. The Hall–Kier alpha value is 0.620. The Morgan fingerprint density at radius 2 is 1.27 bits per heavy atom. The van der Waals surface area contributed by atoms with E-state index in [4.69, 9.17) is 5.73 Å². The molecule has 0 rings (SSSR count). The third-order valence-corrected chi connectivity index (χ3v) is 1.59. The van der Waals surface area contributed by atoms with Crippen LogP contribution in [-0.2, 0) is 0 Å². The molecule has 0 unspecified atom stereocenters. The second-order valence-corrected chi connectivity index (χ2v) is 2.60. The lowest BCUT2D eigenvalue weighted by Gasteiger charge is -1.97. The topological polar surface area (TPSA) is 26.0 Å². The van der Waals surface area contributed by atoms with E-state index in [9.17, 15) is 4.39 Å². The summed E-state index contributed by atoms with van der Waals surface area (Å²) in [7, 11) is 0. The molecule has 0 saturated carbocycles. The molecule has 0 saturated heterocycles. The van der Waals surface area contributed by atoms with Gasteiger partial charge in [-0.1, -0.05) is 25.7 Å². The van der Waals surface area contributed by atoms with Crippen molar-refractivity contribution in [1.29, 1.82) is 0 Å². The smallest absolute Gasteiger partial charge is 0.0894 e. The molecule has 0 aliphatic rings. The quantitative estimate of drug-likeness (QED) is 0.561. The van der Waals surface area contributed by atoms with Crippen molar-refractivity contribution < 1.29 is 4.39 Å². The Balaban J connectivity index is 0. The Kier molecular flexibility index (Phi) is 17.0. The predicted molar refractivity (Wildman–Crippen MR) is 58.1 cm³/mol. The van der Waals surface area contributed by atoms with Gasteiger partial charge in [-0.2, -0.15) is 0 Å². The number of alkyl halides is 1. The Bertz CT molecular complexity index is 54.1. The highest BCUT2D eigenvalue weighted by molar-refractivity contribution is 14.0. The minimum atomic E-state index is -0.156. The van der Waals surface area contributed by atoms with E-state index in [1.807, 2.05) is 0 Å². The molecule has 1 nitrogen and oxygen atoms in total. The largest absolute Gasteiger partial charge is 0.330 e. The highest BCUT2D eigenvalue weighted by atomic mass is 127. The van der Waals surface area contributed by atoms with Crippen molar-refractivity contribution in [3.8, 4) is 0 Å². The molecule has 0 bridgehead atoms. The summed E-state index contributed by atoms with van der Waals surface area (Å²) in [5, 5.41) is 0. The monoisotopic (exact) mass is 275 g/mol. The highest BCUT2D eigenvalue weighted by Crippen LogP contribution is 2.04. The maximum Gasteiger partial charge on any atom is 0.0894 e. The third kappa shape index (κ3) is 13.6. The number of halogens is 2. The van der Waals surface area contributed by atoms with E-state index in [2.05, 4.69) is 0 Å². The summed E-state index contributed by atoms with van der Waals surface area (Å²) in [5.74, 6) is 0. The van der Waals surface area contributed by atoms with E-state index >= 15 is 0 Å². The summed E-state index contributed by atoms with van der Waals surface area (Å²) in [6, 6.07) is 0. The van der Waals surface area contributed by atoms with Gasteiger partial charge in [-0.05, 0) is 19.4 Å². The van der Waals surface area contributed by atoms with Crippen molar-refractivity contribution in [2.45, 2.75) is 38.5 Å². The third-order valence-electron chi connectivity index (χ3n) is 1.59. The van der Waals surface area contributed by atoms with E-state index in [0.29, 0.717) is 0 Å². The molecule has 0 aromatic heterocycles. The fraction of sp³-hybridized carbons (Fsp3) is 1.00. The zero-order chi connectivity index (χ0) is 7.66. The van der Waals surface area contributed by atoms with E-state index in [0.717, 1.165) is 25.8 Å². The van der Waals surface area contributed by atoms with E-state index in [1.54, 1.807) is 0 Å². The standard InChI is InChI=1S/C8H18FN.HI/c9-7-5-3-1-2-4-6-8-10;/h1-8,10H2;1H. The molecule has 11 heavy (non-hydrogen) atoms. The molecule has 0 amide bonds. The Morgan fingerprint density at radius 3 is 1.73 bits per heavy atom. The summed E-state index contributed by atoms with van der Waals surface area (Å²) >= 11 is 0. The number of unbranched alkanes of at least 4 members (excludes halogenated alkanes) is 5. The van der Waals surface area contributed by atoms with E-state index in [1.165, 1.54) is 19.3 Å². The van der Waals surface area contributed by atoms with Gasteiger partial charge in [-0.25, -0.2) is 0 Å². The van der Waals surface area contributed by atoms with Crippen molar-refractivity contribution in [1.82, 2.24) is 0 Å². The van der Waals surface area contributed by atoms with Crippen LogP contribution in [0.1, 0.15) is 38.5 Å². The lowest BCUT2D eigenvalue weighted by molar-refractivity contribution is 0.450. The van der Waals surface area contributed by atoms with Gasteiger partial charge in [-0.3, -0.25) is 4.39 Å². The maximum atomic E-state index is 11.5. The van der Waals surface area contributed by atoms with Crippen LogP contribution >= 0.6 is 24.0 Å². The molecular weight excluding hydrogens is 256 g/mol. The van der Waals surface area contributed by atoms with Crippen LogP contribution < -0.4 is 5.73 Å². The van der Waals surface area contributed by atoms with Gasteiger partial charge in [0, 0.05) is 0 Å². The van der Waals surface area contributed by atoms with Crippen LogP contribution in [0.5, 0.6) is 0 Å². The molecule has 0 aromatic rings. The average molecular weight is 275 g/mol. The van der Waals surface area contributed by atoms with Crippen LogP contribution in [0.2, 0.25) is 0 Å². The van der Waals surface area contributed by atoms with Gasteiger partial charge in [0.2, 0.25) is 0 Å². The summed E-state index contributed by atoms with van der Waals surface area (Å²) < 4.78 is 11.5. The molecule has 0 aliphatic heterocycles. The van der Waals surface area contributed by atoms with Crippen molar-refractivity contribution in [3.05, 3.63) is 0 Å². The minimum absolute atomic E-state index is 0. The van der Waals surface area contributed by atoms with Crippen molar-refractivity contribution in [2.75, 3.05) is 13.2 Å². The SMILES string of the molecule is I.NCCCCCCCCF. The van der Waals surface area contributed by atoms with Crippen molar-refractivity contribution in [2.24, 2.45) is 5.73 Å². The first-order valence-electron chi connectivity index (χ1n) is 4.18. The molecule has 0 radical (unpaired) electrons. The normalized spacial score (nSPS) is 9.27. The van der Waals surface area contributed by atoms with Crippen LogP contribution in [-0.4, -0.2) is 13.2 Å². The number of hydrogen-bond acceptors (Lipinski definition) is 1. The first-order chi connectivity index (χ1) is 4.91. The predicted octanol–water partition coefficient (Wildman–Crippen LogP) is 2.87. The molecule has 0 fully saturated rings. The zero-order valence-electron chi connectivity index (χ0n) is 7.02. The molecule has 0 heterocycles. The average Bonchev–Trinajstić information content (AvgIpc) is 1.97. The second-order valence-electron chi connectivity index (χ2n) is 2.60. The van der Waals surface area contributed by atoms with Crippen LogP contribution in [0.15, 0.2) is 0 Å². The van der Waals surface area contributed by atoms with Gasteiger partial charge in [0.25, 0.3) is 0 Å². The van der Waals surface area contributed by atoms with Crippen molar-refractivity contribution >= 4 is 24.0 Å². The molecule has 2 N–H and O–H groups in total. The van der Waals surface area contributed by atoms with Crippen molar-refractivity contribution in [3.63, 3.8) is 0 Å². The molecule has 70 valence electrons. The van der Waals surface area contributed by atoms with Gasteiger partial charge >= 0.3 is 0 Å². The number of hydrogen-bond donors (Lipinski definition) is 1. The molecule has 0 atom stereocenters. The van der Waals surface area contributed by atoms with E-state index < -0.39 is 0 Å². The van der Waals surface area contributed by atoms with Crippen LogP contribution in [0.3, 0.4) is 0 Å². The number of rotatable bonds is 7. The molecular formula is C8H19FIN. The molecule has 0 aromatic carbocycles. The fourth-order valence-electron chi connectivity index (χ4n) is 0.946. The van der Waals surface area contributed by atoms with Crippen LogP contribution in [0.4, 0.5) is 4.39 Å². The van der Waals surface area contributed by atoms with Gasteiger partial charge in [0.1, 0.15) is 0 Å². The first-order valence-corrected chi connectivity index (χ1v) is 4.18. The van der Waals surface area contributed by atoms with Gasteiger partial charge in [0.15, 0.2) is 0 Å². The van der Waals surface area contributed by atoms with Gasteiger partial charge < -0.3 is 5.73 Å². The summed E-state index contributed by atoms with van der Waals surface area (Å²) in [4.78, 5) is 0. The second kappa shape index (κ2) is 13.2. The maximum absolute atomic E-state index is 11.5. The highest BCUT2D eigenvalue weighted by Gasteiger charge is 1.88.